The second-order valence-corrected chi connectivity index (χ2v) is 6.96. The van der Waals surface area contributed by atoms with E-state index in [9.17, 15) is 9.59 Å². The fourth-order valence-corrected chi connectivity index (χ4v) is 4.04. The number of esters is 1. The predicted octanol–water partition coefficient (Wildman–Crippen LogP) is 3.82. The Morgan fingerprint density at radius 3 is 2.76 bits per heavy atom. The van der Waals surface area contributed by atoms with E-state index in [4.69, 9.17) is 9.47 Å². The standard InChI is InChI=1S/C19H21NO4S/c1-12(18(21)20-15-8-4-5-9-16(15)23-2)24-19(22)14-11-25-17-10-6-3-7-13(14)17/h4-5,8-9,11-12H,3,6-7,10H2,1-2H3,(H,20,21)/t12-/m1/s1. The Bertz CT molecular complexity index is 783. The molecule has 0 aliphatic heterocycles. The number of anilines is 1. The second kappa shape index (κ2) is 7.70. The summed E-state index contributed by atoms with van der Waals surface area (Å²) < 4.78 is 10.6. The van der Waals surface area contributed by atoms with E-state index in [1.807, 2.05) is 11.4 Å². The maximum atomic E-state index is 12.4. The highest BCUT2D eigenvalue weighted by Gasteiger charge is 2.25. The summed E-state index contributed by atoms with van der Waals surface area (Å²) in [5.41, 5.74) is 2.25. The van der Waals surface area contributed by atoms with Crippen LogP contribution in [-0.2, 0) is 22.4 Å². The molecule has 0 saturated carbocycles. The van der Waals surface area contributed by atoms with Crippen molar-refractivity contribution in [1.82, 2.24) is 0 Å². The van der Waals surface area contributed by atoms with Crippen molar-refractivity contribution in [2.75, 3.05) is 12.4 Å². The molecule has 25 heavy (non-hydrogen) atoms. The fourth-order valence-electron chi connectivity index (χ4n) is 2.92. The van der Waals surface area contributed by atoms with Gasteiger partial charge in [-0.05, 0) is 50.3 Å². The maximum Gasteiger partial charge on any atom is 0.340 e. The summed E-state index contributed by atoms with van der Waals surface area (Å²) >= 11 is 1.61. The molecule has 0 radical (unpaired) electrons. The first kappa shape index (κ1) is 17.5. The molecule has 1 aliphatic carbocycles. The third-order valence-electron chi connectivity index (χ3n) is 4.30. The number of benzene rings is 1. The first-order valence-electron chi connectivity index (χ1n) is 8.34. The molecule has 1 amide bonds. The van der Waals surface area contributed by atoms with Crippen LogP contribution >= 0.6 is 11.3 Å². The van der Waals surface area contributed by atoms with Crippen molar-refractivity contribution in [3.63, 3.8) is 0 Å². The van der Waals surface area contributed by atoms with E-state index in [1.165, 1.54) is 18.4 Å². The number of para-hydroxylation sites is 2. The van der Waals surface area contributed by atoms with Crippen LogP contribution in [0.5, 0.6) is 5.75 Å². The Kier molecular flexibility index (Phi) is 5.38. The average molecular weight is 359 g/mol. The van der Waals surface area contributed by atoms with Gasteiger partial charge in [0.15, 0.2) is 6.10 Å². The molecule has 2 aromatic rings. The van der Waals surface area contributed by atoms with Gasteiger partial charge in [-0.3, -0.25) is 4.79 Å². The van der Waals surface area contributed by atoms with E-state index < -0.39 is 12.1 Å². The number of aryl methyl sites for hydroxylation is 1. The summed E-state index contributed by atoms with van der Waals surface area (Å²) in [6.45, 7) is 1.57. The molecule has 1 N–H and O–H groups in total. The molecule has 0 saturated heterocycles. The molecule has 1 atom stereocenters. The van der Waals surface area contributed by atoms with Crippen molar-refractivity contribution in [1.29, 1.82) is 0 Å². The zero-order valence-corrected chi connectivity index (χ0v) is 15.2. The molecule has 132 valence electrons. The van der Waals surface area contributed by atoms with Gasteiger partial charge in [0.25, 0.3) is 5.91 Å². The van der Waals surface area contributed by atoms with E-state index >= 15 is 0 Å². The summed E-state index contributed by atoms with van der Waals surface area (Å²) in [5.74, 6) is -0.259. The van der Waals surface area contributed by atoms with Crippen molar-refractivity contribution in [2.45, 2.75) is 38.7 Å². The number of carbonyl (C=O) groups excluding carboxylic acids is 2. The largest absolute Gasteiger partial charge is 0.495 e. The van der Waals surface area contributed by atoms with Crippen LogP contribution in [-0.4, -0.2) is 25.1 Å². The minimum absolute atomic E-state index is 0.387. The number of fused-ring (bicyclic) bond motifs is 1. The van der Waals surface area contributed by atoms with E-state index in [-0.39, 0.29) is 5.91 Å². The van der Waals surface area contributed by atoms with Crippen LogP contribution < -0.4 is 10.1 Å². The molecule has 0 unspecified atom stereocenters. The zero-order valence-electron chi connectivity index (χ0n) is 14.3. The highest BCUT2D eigenvalue weighted by atomic mass is 32.1. The van der Waals surface area contributed by atoms with Gasteiger partial charge < -0.3 is 14.8 Å². The molecule has 6 heteroatoms. The van der Waals surface area contributed by atoms with Crippen molar-refractivity contribution in [2.24, 2.45) is 0 Å². The van der Waals surface area contributed by atoms with Gasteiger partial charge in [0.1, 0.15) is 5.75 Å². The number of hydrogen-bond donors (Lipinski definition) is 1. The minimum Gasteiger partial charge on any atom is -0.495 e. The first-order valence-corrected chi connectivity index (χ1v) is 9.22. The molecule has 1 heterocycles. The van der Waals surface area contributed by atoms with Gasteiger partial charge in [-0.15, -0.1) is 11.3 Å². The van der Waals surface area contributed by atoms with Gasteiger partial charge in [0.05, 0.1) is 18.4 Å². The smallest absolute Gasteiger partial charge is 0.340 e. The lowest BCUT2D eigenvalue weighted by Gasteiger charge is -2.16. The van der Waals surface area contributed by atoms with Gasteiger partial charge in [-0.1, -0.05) is 12.1 Å². The van der Waals surface area contributed by atoms with Crippen LogP contribution in [0.2, 0.25) is 0 Å². The van der Waals surface area contributed by atoms with Crippen molar-refractivity contribution >= 4 is 28.9 Å². The topological polar surface area (TPSA) is 64.6 Å². The van der Waals surface area contributed by atoms with E-state index in [2.05, 4.69) is 5.32 Å². The monoisotopic (exact) mass is 359 g/mol. The molecule has 0 fully saturated rings. The van der Waals surface area contributed by atoms with E-state index in [1.54, 1.807) is 36.5 Å². The third-order valence-corrected chi connectivity index (χ3v) is 5.39. The summed E-state index contributed by atoms with van der Waals surface area (Å²) in [5, 5.41) is 4.59. The molecule has 5 nitrogen and oxygen atoms in total. The van der Waals surface area contributed by atoms with Crippen LogP contribution in [0.3, 0.4) is 0 Å². The highest BCUT2D eigenvalue weighted by Crippen LogP contribution is 2.31. The minimum atomic E-state index is -0.892. The van der Waals surface area contributed by atoms with Crippen LogP contribution in [0.4, 0.5) is 5.69 Å². The van der Waals surface area contributed by atoms with Crippen molar-refractivity contribution in [3.05, 3.63) is 45.6 Å². The summed E-state index contributed by atoms with van der Waals surface area (Å²) in [6.07, 6.45) is 3.30. The van der Waals surface area contributed by atoms with Crippen LogP contribution in [0.1, 0.15) is 40.6 Å². The molecular formula is C19H21NO4S. The quantitative estimate of drug-likeness (QED) is 0.824. The summed E-state index contributed by atoms with van der Waals surface area (Å²) in [6, 6.07) is 7.11. The summed E-state index contributed by atoms with van der Waals surface area (Å²) in [4.78, 5) is 26.0. The summed E-state index contributed by atoms with van der Waals surface area (Å²) in [7, 11) is 1.54. The van der Waals surface area contributed by atoms with Gasteiger partial charge in [0.2, 0.25) is 0 Å². The Hall–Kier alpha value is -2.34. The number of ether oxygens (including phenoxy) is 2. The lowest BCUT2D eigenvalue weighted by atomic mass is 9.96. The molecule has 1 aromatic carbocycles. The SMILES string of the molecule is COc1ccccc1NC(=O)[C@@H](C)OC(=O)c1csc2c1CCCC2. The van der Waals surface area contributed by atoms with Gasteiger partial charge in [-0.25, -0.2) is 4.79 Å². The number of methoxy groups -OCH3 is 1. The number of rotatable bonds is 5. The lowest BCUT2D eigenvalue weighted by molar-refractivity contribution is -0.123. The van der Waals surface area contributed by atoms with Gasteiger partial charge in [-0.2, -0.15) is 0 Å². The van der Waals surface area contributed by atoms with E-state index in [0.29, 0.717) is 17.0 Å². The Morgan fingerprint density at radius 1 is 1.20 bits per heavy atom. The Morgan fingerprint density at radius 2 is 1.96 bits per heavy atom. The van der Waals surface area contributed by atoms with Gasteiger partial charge >= 0.3 is 5.97 Å². The molecule has 0 spiro atoms. The van der Waals surface area contributed by atoms with Crippen LogP contribution in [0.25, 0.3) is 0 Å². The molecule has 3 rings (SSSR count). The number of nitrogens with one attached hydrogen (secondary N) is 1. The second-order valence-electron chi connectivity index (χ2n) is 6.00. The number of hydrogen-bond acceptors (Lipinski definition) is 5. The maximum absolute atomic E-state index is 12.4. The predicted molar refractivity (Wildman–Crippen MR) is 97.5 cm³/mol. The first-order chi connectivity index (χ1) is 12.1. The van der Waals surface area contributed by atoms with Gasteiger partial charge in [0, 0.05) is 10.3 Å². The van der Waals surface area contributed by atoms with Crippen molar-refractivity contribution < 1.29 is 19.1 Å². The molecule has 1 aliphatic rings. The van der Waals surface area contributed by atoms with E-state index in [0.717, 1.165) is 24.8 Å². The number of amides is 1. The van der Waals surface area contributed by atoms with Crippen LogP contribution in [0, 0.1) is 0 Å². The molecule has 0 bridgehead atoms. The Balaban J connectivity index is 1.65. The molecular weight excluding hydrogens is 338 g/mol. The average Bonchev–Trinajstić information content (AvgIpc) is 3.06. The molecule has 1 aromatic heterocycles. The lowest BCUT2D eigenvalue weighted by Crippen LogP contribution is -2.30. The van der Waals surface area contributed by atoms with Crippen LogP contribution in [0.15, 0.2) is 29.6 Å². The number of carbonyl (C=O) groups is 2. The highest BCUT2D eigenvalue weighted by molar-refractivity contribution is 7.10. The van der Waals surface area contributed by atoms with Crippen molar-refractivity contribution in [3.8, 4) is 5.75 Å². The third kappa shape index (κ3) is 3.85. The number of thiophene rings is 1. The normalized spacial score (nSPS) is 14.3. The zero-order chi connectivity index (χ0) is 17.8. The fraction of sp³-hybridized carbons (Fsp3) is 0.368. The Labute approximate surface area is 151 Å².